The number of rotatable bonds is 4. The van der Waals surface area contributed by atoms with Gasteiger partial charge in [-0.15, -0.1) is 13.2 Å². The Morgan fingerprint density at radius 2 is 1.82 bits per heavy atom. The minimum atomic E-state index is -4.87. The number of anilines is 1. The Labute approximate surface area is 160 Å². The summed E-state index contributed by atoms with van der Waals surface area (Å²) in [5, 5.41) is 2.47. The summed E-state index contributed by atoms with van der Waals surface area (Å²) in [6.07, 6.45) is -4.25. The Hall–Kier alpha value is -3.03. The van der Waals surface area contributed by atoms with Gasteiger partial charge in [-0.3, -0.25) is 9.59 Å². The fraction of sp³-hybridized carbons (Fsp3) is 0.300. The molecule has 0 saturated heterocycles. The quantitative estimate of drug-likeness (QED) is 0.854. The van der Waals surface area contributed by atoms with E-state index in [0.29, 0.717) is 13.0 Å². The van der Waals surface area contributed by atoms with Gasteiger partial charge in [0.2, 0.25) is 11.8 Å². The standard InChI is InChI=1S/C20H19F3N2O3/c1-13(26)25-11-10-14-6-2-3-7-15(14)17(25)12-19(27)24-16-8-4-5-9-18(16)28-20(21,22)23/h2-9,17H,10-12H2,1H3,(H,24,27). The highest BCUT2D eigenvalue weighted by atomic mass is 19.4. The number of fused-ring (bicyclic) bond motifs is 1. The van der Waals surface area contributed by atoms with Crippen molar-refractivity contribution in [3.05, 3.63) is 59.7 Å². The van der Waals surface area contributed by atoms with Crippen LogP contribution in [0, 0.1) is 0 Å². The molecule has 1 aliphatic rings. The van der Waals surface area contributed by atoms with Crippen molar-refractivity contribution < 1.29 is 27.5 Å². The van der Waals surface area contributed by atoms with Crippen molar-refractivity contribution in [2.45, 2.75) is 32.2 Å². The van der Waals surface area contributed by atoms with Crippen LogP contribution in [0.3, 0.4) is 0 Å². The number of carbonyl (C=O) groups is 2. The smallest absolute Gasteiger partial charge is 0.404 e. The molecule has 5 nitrogen and oxygen atoms in total. The number of halogens is 3. The second-order valence-corrected chi connectivity index (χ2v) is 6.47. The molecule has 3 rings (SSSR count). The second kappa shape index (κ2) is 7.92. The van der Waals surface area contributed by atoms with Crippen LogP contribution in [0.5, 0.6) is 5.75 Å². The Morgan fingerprint density at radius 1 is 1.14 bits per heavy atom. The Morgan fingerprint density at radius 3 is 2.54 bits per heavy atom. The minimum Gasteiger partial charge on any atom is -0.404 e. The van der Waals surface area contributed by atoms with Gasteiger partial charge < -0.3 is 15.0 Å². The van der Waals surface area contributed by atoms with E-state index in [1.54, 1.807) is 4.90 Å². The molecule has 28 heavy (non-hydrogen) atoms. The van der Waals surface area contributed by atoms with E-state index in [2.05, 4.69) is 10.1 Å². The van der Waals surface area contributed by atoms with Gasteiger partial charge in [0.1, 0.15) is 0 Å². The number of nitrogens with zero attached hydrogens (tertiary/aromatic N) is 1. The van der Waals surface area contributed by atoms with Gasteiger partial charge in [0.15, 0.2) is 5.75 Å². The Balaban J connectivity index is 1.80. The van der Waals surface area contributed by atoms with E-state index < -0.39 is 24.1 Å². The number of para-hydroxylation sites is 2. The van der Waals surface area contributed by atoms with Crippen LogP contribution in [0.1, 0.15) is 30.5 Å². The van der Waals surface area contributed by atoms with E-state index in [1.807, 2.05) is 24.3 Å². The highest BCUT2D eigenvalue weighted by Gasteiger charge is 2.33. The Bertz CT molecular complexity index is 883. The van der Waals surface area contributed by atoms with Crippen LogP contribution in [0.2, 0.25) is 0 Å². The number of alkyl halides is 3. The van der Waals surface area contributed by atoms with Crippen LogP contribution in [0.4, 0.5) is 18.9 Å². The zero-order valence-corrected chi connectivity index (χ0v) is 15.1. The molecule has 0 bridgehead atoms. The van der Waals surface area contributed by atoms with Gasteiger partial charge in [-0.1, -0.05) is 36.4 Å². The maximum Gasteiger partial charge on any atom is 0.573 e. The monoisotopic (exact) mass is 392 g/mol. The van der Waals surface area contributed by atoms with E-state index in [0.717, 1.165) is 17.2 Å². The molecule has 0 saturated carbocycles. The lowest BCUT2D eigenvalue weighted by Crippen LogP contribution is -2.40. The van der Waals surface area contributed by atoms with E-state index in [4.69, 9.17) is 0 Å². The average Bonchev–Trinajstić information content (AvgIpc) is 2.62. The molecule has 0 spiro atoms. The number of nitrogens with one attached hydrogen (secondary N) is 1. The molecule has 0 aliphatic carbocycles. The van der Waals surface area contributed by atoms with Crippen LogP contribution < -0.4 is 10.1 Å². The molecule has 1 N–H and O–H groups in total. The van der Waals surface area contributed by atoms with Crippen molar-refractivity contribution in [2.24, 2.45) is 0 Å². The molecule has 1 atom stereocenters. The molecule has 1 aliphatic heterocycles. The molecule has 1 unspecified atom stereocenters. The van der Waals surface area contributed by atoms with Crippen molar-refractivity contribution in [2.75, 3.05) is 11.9 Å². The van der Waals surface area contributed by atoms with Crippen molar-refractivity contribution in [1.82, 2.24) is 4.90 Å². The normalized spacial score (nSPS) is 16.3. The van der Waals surface area contributed by atoms with Gasteiger partial charge >= 0.3 is 6.36 Å². The van der Waals surface area contributed by atoms with E-state index in [9.17, 15) is 22.8 Å². The Kier molecular flexibility index (Phi) is 5.58. The zero-order valence-electron chi connectivity index (χ0n) is 15.1. The summed E-state index contributed by atoms with van der Waals surface area (Å²) >= 11 is 0. The van der Waals surface area contributed by atoms with E-state index in [-0.39, 0.29) is 18.0 Å². The number of hydrogen-bond acceptors (Lipinski definition) is 3. The fourth-order valence-electron chi connectivity index (χ4n) is 3.41. The second-order valence-electron chi connectivity index (χ2n) is 6.47. The summed E-state index contributed by atoms with van der Waals surface area (Å²) in [6, 6.07) is 12.4. The summed E-state index contributed by atoms with van der Waals surface area (Å²) in [7, 11) is 0. The highest BCUT2D eigenvalue weighted by Crippen LogP contribution is 2.34. The first-order valence-corrected chi connectivity index (χ1v) is 8.74. The molecular formula is C20H19F3N2O3. The maximum atomic E-state index is 12.6. The first-order chi connectivity index (χ1) is 13.2. The van der Waals surface area contributed by atoms with Crippen molar-refractivity contribution in [3.8, 4) is 5.75 Å². The predicted octanol–water partition coefficient (Wildman–Crippen LogP) is 4.06. The number of benzene rings is 2. The van der Waals surface area contributed by atoms with Crippen LogP contribution >= 0.6 is 0 Å². The molecule has 0 radical (unpaired) electrons. The first kappa shape index (κ1) is 19.7. The molecule has 2 aromatic rings. The summed E-state index contributed by atoms with van der Waals surface area (Å²) in [5.41, 5.74) is 1.85. The van der Waals surface area contributed by atoms with Gasteiger partial charge in [-0.25, -0.2) is 0 Å². The first-order valence-electron chi connectivity index (χ1n) is 8.74. The SMILES string of the molecule is CC(=O)N1CCc2ccccc2C1CC(=O)Nc1ccccc1OC(F)(F)F. The van der Waals surface area contributed by atoms with Gasteiger partial charge in [-0.05, 0) is 29.7 Å². The molecule has 0 aromatic heterocycles. The largest absolute Gasteiger partial charge is 0.573 e. The zero-order chi connectivity index (χ0) is 20.3. The van der Waals surface area contributed by atoms with E-state index in [1.165, 1.54) is 25.1 Å². The van der Waals surface area contributed by atoms with Crippen LogP contribution in [0.15, 0.2) is 48.5 Å². The van der Waals surface area contributed by atoms with Crippen LogP contribution in [0.25, 0.3) is 0 Å². The molecule has 8 heteroatoms. The third-order valence-corrected chi connectivity index (χ3v) is 4.58. The topological polar surface area (TPSA) is 58.6 Å². The highest BCUT2D eigenvalue weighted by molar-refractivity contribution is 5.93. The van der Waals surface area contributed by atoms with Crippen LogP contribution in [-0.2, 0) is 16.0 Å². The molecule has 148 valence electrons. The van der Waals surface area contributed by atoms with Crippen molar-refractivity contribution in [3.63, 3.8) is 0 Å². The third-order valence-electron chi connectivity index (χ3n) is 4.58. The van der Waals surface area contributed by atoms with Gasteiger partial charge in [0.25, 0.3) is 0 Å². The maximum absolute atomic E-state index is 12.6. The summed E-state index contributed by atoms with van der Waals surface area (Å²) in [4.78, 5) is 26.2. The lowest BCUT2D eigenvalue weighted by molar-refractivity contribution is -0.274. The minimum absolute atomic E-state index is 0.0725. The number of amides is 2. The summed E-state index contributed by atoms with van der Waals surface area (Å²) in [5.74, 6) is -1.16. The lowest BCUT2D eigenvalue weighted by Gasteiger charge is -2.36. The third kappa shape index (κ3) is 4.62. The predicted molar refractivity (Wildman–Crippen MR) is 96.6 cm³/mol. The number of hydrogen-bond donors (Lipinski definition) is 1. The molecule has 1 heterocycles. The summed E-state index contributed by atoms with van der Waals surface area (Å²) < 4.78 is 41.6. The average molecular weight is 392 g/mol. The van der Waals surface area contributed by atoms with Gasteiger partial charge in [0.05, 0.1) is 18.2 Å². The fourth-order valence-corrected chi connectivity index (χ4v) is 3.41. The van der Waals surface area contributed by atoms with Gasteiger partial charge in [-0.2, -0.15) is 0 Å². The molecule has 0 fully saturated rings. The molecular weight excluding hydrogens is 373 g/mol. The summed E-state index contributed by atoms with van der Waals surface area (Å²) in [6.45, 7) is 1.92. The number of carbonyl (C=O) groups excluding carboxylic acids is 2. The van der Waals surface area contributed by atoms with Crippen molar-refractivity contribution in [1.29, 1.82) is 0 Å². The van der Waals surface area contributed by atoms with Gasteiger partial charge in [0, 0.05) is 13.5 Å². The molecule has 2 amide bonds. The van der Waals surface area contributed by atoms with E-state index >= 15 is 0 Å². The van der Waals surface area contributed by atoms with Crippen molar-refractivity contribution >= 4 is 17.5 Å². The lowest BCUT2D eigenvalue weighted by atomic mass is 9.90. The van der Waals surface area contributed by atoms with Crippen LogP contribution in [-0.4, -0.2) is 29.6 Å². The molecule has 2 aromatic carbocycles. The number of ether oxygens (including phenoxy) is 1.